The summed E-state index contributed by atoms with van der Waals surface area (Å²) >= 11 is 0. The summed E-state index contributed by atoms with van der Waals surface area (Å²) in [4.78, 5) is 25.8. The van der Waals surface area contributed by atoms with Crippen LogP contribution in [0, 0.1) is 12.8 Å². The quantitative estimate of drug-likeness (QED) is 0.867. The predicted molar refractivity (Wildman–Crippen MR) is 65.9 cm³/mol. The molecule has 1 N–H and O–H groups in total. The number of aryl methyl sites for hydroxylation is 1. The van der Waals surface area contributed by atoms with Gasteiger partial charge in [0.15, 0.2) is 0 Å². The smallest absolute Gasteiger partial charge is 0.245 e. The second-order valence-electron chi connectivity index (χ2n) is 5.32. The zero-order valence-corrected chi connectivity index (χ0v) is 10.9. The predicted octanol–water partition coefficient (Wildman–Crippen LogP) is 0.610. The average Bonchev–Trinajstić information content (AvgIpc) is 3.14. The Morgan fingerprint density at radius 3 is 2.89 bits per heavy atom. The van der Waals surface area contributed by atoms with Gasteiger partial charge in [0.1, 0.15) is 17.5 Å². The number of hydrogen-bond donors (Lipinski definition) is 1. The first kappa shape index (κ1) is 12.2. The zero-order chi connectivity index (χ0) is 13.4. The van der Waals surface area contributed by atoms with Crippen LogP contribution in [-0.2, 0) is 16.1 Å². The van der Waals surface area contributed by atoms with Gasteiger partial charge in [-0.05, 0) is 25.7 Å². The van der Waals surface area contributed by atoms with Crippen molar-refractivity contribution >= 4 is 11.8 Å². The highest BCUT2D eigenvalue weighted by molar-refractivity contribution is 5.90. The molecular formula is C13H17N3O3. The number of amides is 2. The first-order chi connectivity index (χ1) is 9.13. The lowest BCUT2D eigenvalue weighted by Gasteiger charge is -2.22. The van der Waals surface area contributed by atoms with Crippen LogP contribution < -0.4 is 5.32 Å². The highest BCUT2D eigenvalue weighted by Crippen LogP contribution is 2.34. The number of rotatable bonds is 3. The molecule has 2 amide bonds. The van der Waals surface area contributed by atoms with Gasteiger partial charge in [-0.15, -0.1) is 0 Å². The van der Waals surface area contributed by atoms with Crippen LogP contribution >= 0.6 is 0 Å². The van der Waals surface area contributed by atoms with Gasteiger partial charge in [-0.3, -0.25) is 9.59 Å². The van der Waals surface area contributed by atoms with E-state index in [0.717, 1.165) is 24.3 Å². The molecule has 1 saturated heterocycles. The molecule has 0 spiro atoms. The molecule has 1 saturated carbocycles. The van der Waals surface area contributed by atoms with E-state index < -0.39 is 0 Å². The third-order valence-electron chi connectivity index (χ3n) is 3.63. The van der Waals surface area contributed by atoms with E-state index >= 15 is 0 Å². The first-order valence-corrected chi connectivity index (χ1v) is 6.64. The maximum atomic E-state index is 12.4. The van der Waals surface area contributed by atoms with Crippen molar-refractivity contribution < 1.29 is 14.1 Å². The number of nitrogens with zero attached hydrogens (tertiary/aromatic N) is 2. The van der Waals surface area contributed by atoms with Gasteiger partial charge in [-0.25, -0.2) is 0 Å². The molecule has 2 fully saturated rings. The molecule has 2 aliphatic rings. The molecule has 6 nitrogen and oxygen atoms in total. The minimum absolute atomic E-state index is 0.00834. The lowest BCUT2D eigenvalue weighted by Crippen LogP contribution is -2.45. The number of carbonyl (C=O) groups is 2. The molecule has 1 aromatic heterocycles. The largest absolute Gasteiger partial charge is 0.361 e. The monoisotopic (exact) mass is 263 g/mol. The average molecular weight is 263 g/mol. The molecule has 1 unspecified atom stereocenters. The van der Waals surface area contributed by atoms with Crippen LogP contribution in [0.5, 0.6) is 0 Å². The Labute approximate surface area is 111 Å². The number of nitrogens with one attached hydrogen (secondary N) is 1. The lowest BCUT2D eigenvalue weighted by molar-refractivity contribution is -0.134. The van der Waals surface area contributed by atoms with E-state index in [1.54, 1.807) is 4.90 Å². The molecule has 3 rings (SSSR count). The third kappa shape index (κ3) is 2.62. The van der Waals surface area contributed by atoms with E-state index in [4.69, 9.17) is 4.52 Å². The van der Waals surface area contributed by atoms with Gasteiger partial charge in [0.25, 0.3) is 0 Å². The maximum Gasteiger partial charge on any atom is 0.245 e. The maximum absolute atomic E-state index is 12.4. The van der Waals surface area contributed by atoms with Gasteiger partial charge in [0, 0.05) is 19.0 Å². The molecule has 2 heterocycles. The van der Waals surface area contributed by atoms with Crippen molar-refractivity contribution in [1.29, 1.82) is 0 Å². The van der Waals surface area contributed by atoms with Gasteiger partial charge in [0.2, 0.25) is 11.8 Å². The Morgan fingerprint density at radius 2 is 2.26 bits per heavy atom. The minimum Gasteiger partial charge on any atom is -0.361 e. The van der Waals surface area contributed by atoms with Gasteiger partial charge in [0.05, 0.1) is 6.54 Å². The van der Waals surface area contributed by atoms with Crippen LogP contribution in [0.4, 0.5) is 0 Å². The fourth-order valence-corrected chi connectivity index (χ4v) is 2.44. The minimum atomic E-state index is -0.344. The molecule has 1 atom stereocenters. The van der Waals surface area contributed by atoms with Crippen LogP contribution in [0.15, 0.2) is 10.6 Å². The second-order valence-corrected chi connectivity index (χ2v) is 5.32. The Bertz CT molecular complexity index is 507. The molecule has 102 valence electrons. The zero-order valence-electron chi connectivity index (χ0n) is 10.9. The highest BCUT2D eigenvalue weighted by atomic mass is 16.5. The summed E-state index contributed by atoms with van der Waals surface area (Å²) in [6.07, 6.45) is 2.40. The Morgan fingerprint density at radius 1 is 1.47 bits per heavy atom. The van der Waals surface area contributed by atoms with E-state index in [1.165, 1.54) is 0 Å². The lowest BCUT2D eigenvalue weighted by atomic mass is 10.1. The second kappa shape index (κ2) is 4.68. The summed E-state index contributed by atoms with van der Waals surface area (Å²) in [5, 5.41) is 6.74. The molecular weight excluding hydrogens is 246 g/mol. The van der Waals surface area contributed by atoms with E-state index in [-0.39, 0.29) is 17.9 Å². The van der Waals surface area contributed by atoms with Crippen molar-refractivity contribution in [3.8, 4) is 0 Å². The van der Waals surface area contributed by atoms with Crippen molar-refractivity contribution in [2.45, 2.75) is 38.8 Å². The van der Waals surface area contributed by atoms with Crippen LogP contribution in [0.25, 0.3) is 0 Å². The summed E-state index contributed by atoms with van der Waals surface area (Å²) in [5.41, 5.74) is 0.731. The van der Waals surface area contributed by atoms with Crippen molar-refractivity contribution in [3.63, 3.8) is 0 Å². The van der Waals surface area contributed by atoms with Crippen molar-refractivity contribution in [1.82, 2.24) is 15.4 Å². The molecule has 19 heavy (non-hydrogen) atoms. The molecule has 0 bridgehead atoms. The van der Waals surface area contributed by atoms with Gasteiger partial charge in [-0.2, -0.15) is 0 Å². The van der Waals surface area contributed by atoms with Crippen LogP contribution in [0.3, 0.4) is 0 Å². The van der Waals surface area contributed by atoms with E-state index in [0.29, 0.717) is 25.4 Å². The summed E-state index contributed by atoms with van der Waals surface area (Å²) in [6.45, 7) is 2.67. The van der Waals surface area contributed by atoms with Crippen molar-refractivity contribution in [2.75, 3.05) is 6.54 Å². The number of hydrogen-bond acceptors (Lipinski definition) is 4. The Kier molecular flexibility index (Phi) is 3.00. The molecule has 1 aromatic rings. The fraction of sp³-hybridized carbons (Fsp3) is 0.615. The number of aromatic nitrogens is 1. The van der Waals surface area contributed by atoms with E-state index in [2.05, 4.69) is 10.5 Å². The normalized spacial score (nSPS) is 24.3. The molecule has 1 aliphatic heterocycles. The third-order valence-corrected chi connectivity index (χ3v) is 3.63. The summed E-state index contributed by atoms with van der Waals surface area (Å²) in [6, 6.07) is 1.47. The number of carbonyl (C=O) groups excluding carboxylic acids is 2. The van der Waals surface area contributed by atoms with E-state index in [1.807, 2.05) is 13.0 Å². The summed E-state index contributed by atoms with van der Waals surface area (Å²) in [7, 11) is 0. The van der Waals surface area contributed by atoms with Crippen LogP contribution in [0.1, 0.15) is 30.7 Å². The standard InChI is InChI=1S/C13H17N3O3/c1-8-6-10(15-19-8)7-16-5-4-11(17)14-12(13(16)18)9-2-3-9/h6,9,12H,2-5,7H2,1H3,(H,14,17). The van der Waals surface area contributed by atoms with Gasteiger partial charge < -0.3 is 14.7 Å². The highest BCUT2D eigenvalue weighted by Gasteiger charge is 2.40. The fourth-order valence-electron chi connectivity index (χ4n) is 2.44. The Balaban J connectivity index is 1.75. The molecule has 0 aromatic carbocycles. The van der Waals surface area contributed by atoms with Gasteiger partial charge in [-0.1, -0.05) is 5.16 Å². The Hall–Kier alpha value is -1.85. The SMILES string of the molecule is Cc1cc(CN2CCC(=O)NC(C3CC3)C2=O)no1. The molecule has 6 heteroatoms. The molecule has 1 aliphatic carbocycles. The van der Waals surface area contributed by atoms with Crippen molar-refractivity contribution in [3.05, 3.63) is 17.5 Å². The van der Waals surface area contributed by atoms with E-state index in [9.17, 15) is 9.59 Å². The first-order valence-electron chi connectivity index (χ1n) is 6.64. The summed E-state index contributed by atoms with van der Waals surface area (Å²) < 4.78 is 5.01. The van der Waals surface area contributed by atoms with Crippen LogP contribution in [-0.4, -0.2) is 34.5 Å². The van der Waals surface area contributed by atoms with Crippen LogP contribution in [0.2, 0.25) is 0 Å². The molecule has 0 radical (unpaired) electrons. The summed E-state index contributed by atoms with van der Waals surface area (Å²) in [5.74, 6) is 1.01. The van der Waals surface area contributed by atoms with Crippen molar-refractivity contribution in [2.24, 2.45) is 5.92 Å². The van der Waals surface area contributed by atoms with Gasteiger partial charge >= 0.3 is 0 Å². The topological polar surface area (TPSA) is 75.4 Å².